The van der Waals surface area contributed by atoms with E-state index in [9.17, 15) is 14.0 Å². The van der Waals surface area contributed by atoms with E-state index in [2.05, 4.69) is 4.98 Å². The molecular weight excluding hydrogens is 371 g/mol. The SMILES string of the molecule is O=C1CC[C@@](F)(C(=O)CCc2ccc(F)c(Cl)c2Cl)c2cccnc21. The molecule has 7 heteroatoms. The van der Waals surface area contributed by atoms with Gasteiger partial charge in [0.1, 0.15) is 11.5 Å². The van der Waals surface area contributed by atoms with E-state index < -0.39 is 17.3 Å². The fourth-order valence-corrected chi connectivity index (χ4v) is 3.41. The Hall–Kier alpha value is -1.85. The van der Waals surface area contributed by atoms with Crippen LogP contribution in [0.15, 0.2) is 30.5 Å². The molecule has 0 amide bonds. The second-order valence-electron chi connectivity index (χ2n) is 5.88. The van der Waals surface area contributed by atoms with Crippen LogP contribution in [0.25, 0.3) is 0 Å². The van der Waals surface area contributed by atoms with Crippen molar-refractivity contribution in [3.63, 3.8) is 0 Å². The van der Waals surface area contributed by atoms with Crippen LogP contribution >= 0.6 is 23.2 Å². The number of benzene rings is 1. The smallest absolute Gasteiger partial charge is 0.196 e. The van der Waals surface area contributed by atoms with E-state index in [4.69, 9.17) is 23.2 Å². The van der Waals surface area contributed by atoms with E-state index >= 15 is 4.39 Å². The van der Waals surface area contributed by atoms with Gasteiger partial charge in [-0.1, -0.05) is 35.3 Å². The van der Waals surface area contributed by atoms with Crippen LogP contribution < -0.4 is 0 Å². The van der Waals surface area contributed by atoms with Crippen LogP contribution in [0.3, 0.4) is 0 Å². The summed E-state index contributed by atoms with van der Waals surface area (Å²) >= 11 is 11.7. The molecule has 3 nitrogen and oxygen atoms in total. The molecule has 1 atom stereocenters. The number of nitrogens with zero attached hydrogens (tertiary/aromatic N) is 1. The minimum absolute atomic E-state index is 0.00691. The van der Waals surface area contributed by atoms with Gasteiger partial charge in [0.05, 0.1) is 10.0 Å². The van der Waals surface area contributed by atoms with Crippen molar-refractivity contribution in [3.05, 3.63) is 63.1 Å². The summed E-state index contributed by atoms with van der Waals surface area (Å²) in [6.07, 6.45) is 1.08. The van der Waals surface area contributed by atoms with Gasteiger partial charge in [0.25, 0.3) is 0 Å². The van der Waals surface area contributed by atoms with Crippen molar-refractivity contribution in [1.82, 2.24) is 4.98 Å². The fourth-order valence-electron chi connectivity index (χ4n) is 2.98. The molecule has 0 aliphatic heterocycles. The van der Waals surface area contributed by atoms with Gasteiger partial charge in [-0.25, -0.2) is 8.78 Å². The zero-order valence-electron chi connectivity index (χ0n) is 13.0. The zero-order chi connectivity index (χ0) is 18.2. The Kier molecular flexibility index (Phi) is 4.89. The highest BCUT2D eigenvalue weighted by atomic mass is 35.5. The van der Waals surface area contributed by atoms with E-state index in [1.165, 1.54) is 24.4 Å². The van der Waals surface area contributed by atoms with Crippen molar-refractivity contribution in [2.24, 2.45) is 0 Å². The molecule has 0 unspecified atom stereocenters. The average Bonchev–Trinajstić information content (AvgIpc) is 2.62. The third kappa shape index (κ3) is 3.18. The average molecular weight is 384 g/mol. The third-order valence-corrected chi connectivity index (χ3v) is 5.27. The Morgan fingerprint density at radius 3 is 2.76 bits per heavy atom. The maximum absolute atomic E-state index is 15.4. The lowest BCUT2D eigenvalue weighted by Crippen LogP contribution is -2.37. The van der Waals surface area contributed by atoms with Crippen LogP contribution in [0.4, 0.5) is 8.78 Å². The summed E-state index contributed by atoms with van der Waals surface area (Å²) in [5.74, 6) is -1.59. The molecule has 130 valence electrons. The van der Waals surface area contributed by atoms with Crippen LogP contribution in [0.1, 0.15) is 40.9 Å². The summed E-state index contributed by atoms with van der Waals surface area (Å²) in [4.78, 5) is 28.4. The molecule has 1 aliphatic rings. The van der Waals surface area contributed by atoms with Gasteiger partial charge >= 0.3 is 0 Å². The number of carbonyl (C=O) groups is 2. The molecule has 1 heterocycles. The standard InChI is InChI=1S/C18H13Cl2F2NO2/c19-15-10(3-5-12(21)16(15)20)4-6-14(25)18(22)8-7-13(24)17-11(18)2-1-9-23-17/h1-3,5,9H,4,6-8H2/t18-/m0/s1. The molecule has 0 N–H and O–H groups in total. The number of pyridine rings is 1. The van der Waals surface area contributed by atoms with Crippen molar-refractivity contribution in [3.8, 4) is 0 Å². The van der Waals surface area contributed by atoms with Crippen LogP contribution in [0, 0.1) is 5.82 Å². The molecule has 0 fully saturated rings. The van der Waals surface area contributed by atoms with Gasteiger partial charge in [-0.3, -0.25) is 14.6 Å². The highest BCUT2D eigenvalue weighted by Gasteiger charge is 2.45. The zero-order valence-corrected chi connectivity index (χ0v) is 14.5. The fraction of sp³-hybridized carbons (Fsp3) is 0.278. The number of aromatic nitrogens is 1. The van der Waals surface area contributed by atoms with Gasteiger partial charge in [0.15, 0.2) is 17.2 Å². The monoisotopic (exact) mass is 383 g/mol. The molecule has 3 rings (SSSR count). The van der Waals surface area contributed by atoms with Crippen LogP contribution in [0.2, 0.25) is 10.0 Å². The van der Waals surface area contributed by atoms with E-state index in [-0.39, 0.29) is 52.8 Å². The van der Waals surface area contributed by atoms with Crippen LogP contribution in [-0.4, -0.2) is 16.6 Å². The highest BCUT2D eigenvalue weighted by Crippen LogP contribution is 2.40. The Bertz CT molecular complexity index is 872. The van der Waals surface area contributed by atoms with E-state index in [0.29, 0.717) is 5.56 Å². The minimum Gasteiger partial charge on any atom is -0.296 e. The number of Topliss-reactive ketones (excluding diaryl/α,β-unsaturated/α-hetero) is 2. The van der Waals surface area contributed by atoms with E-state index in [0.717, 1.165) is 6.07 Å². The number of rotatable bonds is 4. The van der Waals surface area contributed by atoms with Crippen LogP contribution in [0.5, 0.6) is 0 Å². The molecule has 0 bridgehead atoms. The number of hydrogen-bond acceptors (Lipinski definition) is 3. The molecule has 2 aromatic rings. The van der Waals surface area contributed by atoms with Gasteiger partial charge in [-0.2, -0.15) is 0 Å². The molecule has 1 aromatic carbocycles. The molecule has 0 saturated carbocycles. The lowest BCUT2D eigenvalue weighted by atomic mass is 9.78. The topological polar surface area (TPSA) is 47.0 Å². The van der Waals surface area contributed by atoms with Gasteiger partial charge in [0, 0.05) is 31.0 Å². The Labute approximate surface area is 153 Å². The molecule has 0 spiro atoms. The van der Waals surface area contributed by atoms with Gasteiger partial charge in [-0.15, -0.1) is 0 Å². The van der Waals surface area contributed by atoms with Crippen molar-refractivity contribution in [2.75, 3.05) is 0 Å². The molecule has 0 saturated heterocycles. The molecule has 1 aromatic heterocycles. The third-order valence-electron chi connectivity index (χ3n) is 4.37. The Morgan fingerprint density at radius 1 is 1.24 bits per heavy atom. The number of aryl methyl sites for hydroxylation is 1. The predicted molar refractivity (Wildman–Crippen MR) is 90.3 cm³/mol. The number of alkyl halides is 1. The summed E-state index contributed by atoms with van der Waals surface area (Å²) in [7, 11) is 0. The summed E-state index contributed by atoms with van der Waals surface area (Å²) < 4.78 is 28.7. The normalized spacial score (nSPS) is 19.6. The van der Waals surface area contributed by atoms with Gasteiger partial charge in [0.2, 0.25) is 0 Å². The summed E-state index contributed by atoms with van der Waals surface area (Å²) in [5, 5.41) is -0.206. The first-order chi connectivity index (χ1) is 11.8. The Morgan fingerprint density at radius 2 is 2.00 bits per heavy atom. The number of carbonyl (C=O) groups excluding carboxylic acids is 2. The first-order valence-electron chi connectivity index (χ1n) is 7.68. The predicted octanol–water partition coefficient (Wildman–Crippen LogP) is 4.87. The first-order valence-corrected chi connectivity index (χ1v) is 8.43. The van der Waals surface area contributed by atoms with Crippen molar-refractivity contribution in [1.29, 1.82) is 0 Å². The van der Waals surface area contributed by atoms with Crippen molar-refractivity contribution in [2.45, 2.75) is 31.4 Å². The lowest BCUT2D eigenvalue weighted by molar-refractivity contribution is -0.131. The van der Waals surface area contributed by atoms with Gasteiger partial charge in [-0.05, 0) is 24.1 Å². The first kappa shape index (κ1) is 18.0. The summed E-state index contributed by atoms with van der Waals surface area (Å²) in [6, 6.07) is 5.48. The van der Waals surface area contributed by atoms with E-state index in [1.54, 1.807) is 0 Å². The maximum atomic E-state index is 15.4. The molecule has 25 heavy (non-hydrogen) atoms. The van der Waals surface area contributed by atoms with Crippen molar-refractivity contribution < 1.29 is 18.4 Å². The summed E-state index contributed by atoms with van der Waals surface area (Å²) in [6.45, 7) is 0. The Balaban J connectivity index is 1.84. The van der Waals surface area contributed by atoms with Crippen LogP contribution in [-0.2, 0) is 16.9 Å². The molecule has 0 radical (unpaired) electrons. The molecular formula is C18H13Cl2F2NO2. The number of halogens is 4. The van der Waals surface area contributed by atoms with Crippen molar-refractivity contribution >= 4 is 34.8 Å². The highest BCUT2D eigenvalue weighted by molar-refractivity contribution is 6.42. The maximum Gasteiger partial charge on any atom is 0.196 e. The second kappa shape index (κ2) is 6.81. The number of ketones is 2. The number of hydrogen-bond donors (Lipinski definition) is 0. The molecule has 1 aliphatic carbocycles. The summed E-state index contributed by atoms with van der Waals surface area (Å²) in [5.41, 5.74) is -1.77. The van der Waals surface area contributed by atoms with Gasteiger partial charge < -0.3 is 0 Å². The quantitative estimate of drug-likeness (QED) is 0.707. The van der Waals surface area contributed by atoms with E-state index in [1.807, 2.05) is 0 Å². The minimum atomic E-state index is -2.26. The lowest BCUT2D eigenvalue weighted by Gasteiger charge is -2.29. The largest absolute Gasteiger partial charge is 0.296 e. The number of fused-ring (bicyclic) bond motifs is 1. The second-order valence-corrected chi connectivity index (χ2v) is 6.64.